The summed E-state index contributed by atoms with van der Waals surface area (Å²) in [5, 5.41) is 11.1. The normalized spacial score (nSPS) is 18.5. The number of carbonyl (C=O) groups is 2. The fraction of sp³-hybridized carbons (Fsp3) is 0.818. The number of rotatable bonds is 7. The van der Waals surface area contributed by atoms with E-state index in [0.717, 1.165) is 26.1 Å². The summed E-state index contributed by atoms with van der Waals surface area (Å²) in [7, 11) is 1.63. The topological polar surface area (TPSA) is 78.9 Å². The van der Waals surface area contributed by atoms with Gasteiger partial charge in [0.15, 0.2) is 0 Å². The van der Waals surface area contributed by atoms with Crippen LogP contribution in [0.25, 0.3) is 0 Å². The molecule has 0 aromatic carbocycles. The molecule has 0 aromatic heterocycles. The monoisotopic (exact) mass is 244 g/mol. The number of aliphatic carboxylic acids is 1. The van der Waals surface area contributed by atoms with Gasteiger partial charge in [-0.15, -0.1) is 0 Å². The van der Waals surface area contributed by atoms with Crippen LogP contribution in [0.15, 0.2) is 0 Å². The maximum absolute atomic E-state index is 11.0. The van der Waals surface area contributed by atoms with Gasteiger partial charge in [0, 0.05) is 26.6 Å². The number of ether oxygens (including phenoxy) is 1. The van der Waals surface area contributed by atoms with Crippen LogP contribution in [0.4, 0.5) is 0 Å². The minimum Gasteiger partial charge on any atom is -0.480 e. The Morgan fingerprint density at radius 3 is 2.65 bits per heavy atom. The van der Waals surface area contributed by atoms with Crippen LogP contribution in [0.3, 0.4) is 0 Å². The molecule has 1 fully saturated rings. The molecular formula is C11H20N2O4. The van der Waals surface area contributed by atoms with Gasteiger partial charge in [0.25, 0.3) is 0 Å². The highest BCUT2D eigenvalue weighted by atomic mass is 16.5. The van der Waals surface area contributed by atoms with Gasteiger partial charge in [-0.3, -0.25) is 9.69 Å². The van der Waals surface area contributed by atoms with E-state index in [1.807, 2.05) is 6.92 Å². The number of carbonyl (C=O) groups excluding carboxylic acids is 1. The number of carboxylic acid groups (broad SMARTS) is 1. The van der Waals surface area contributed by atoms with Crippen LogP contribution in [0.5, 0.6) is 0 Å². The lowest BCUT2D eigenvalue weighted by Crippen LogP contribution is -2.61. The zero-order valence-electron chi connectivity index (χ0n) is 10.4. The molecule has 6 nitrogen and oxygen atoms in total. The molecule has 1 amide bonds. The van der Waals surface area contributed by atoms with Crippen LogP contribution in [-0.2, 0) is 14.3 Å². The van der Waals surface area contributed by atoms with Crippen LogP contribution < -0.4 is 5.32 Å². The summed E-state index contributed by atoms with van der Waals surface area (Å²) < 4.78 is 5.29. The standard InChI is InChI=1S/C11H20N2O4/c1-11(17-6-10(15)16)7-13(8-11)5-3-4-9(14)12-2/h3-8H2,1-2H3,(H,12,14)(H,15,16). The zero-order valence-corrected chi connectivity index (χ0v) is 10.4. The third-order valence-corrected chi connectivity index (χ3v) is 2.82. The van der Waals surface area contributed by atoms with E-state index in [2.05, 4.69) is 10.2 Å². The molecule has 0 radical (unpaired) electrons. The molecule has 17 heavy (non-hydrogen) atoms. The molecule has 2 N–H and O–H groups in total. The first kappa shape index (κ1) is 13.9. The Bertz CT molecular complexity index is 287. The molecule has 0 spiro atoms. The second kappa shape index (κ2) is 5.97. The molecule has 0 atom stereocenters. The average Bonchev–Trinajstić information content (AvgIpc) is 2.23. The van der Waals surface area contributed by atoms with Crippen molar-refractivity contribution in [2.45, 2.75) is 25.4 Å². The molecule has 0 aromatic rings. The summed E-state index contributed by atoms with van der Waals surface area (Å²) >= 11 is 0. The predicted molar refractivity (Wildman–Crippen MR) is 61.7 cm³/mol. The zero-order chi connectivity index (χ0) is 12.9. The van der Waals surface area contributed by atoms with Crippen LogP contribution in [-0.4, -0.2) is 60.8 Å². The maximum Gasteiger partial charge on any atom is 0.329 e. The third kappa shape index (κ3) is 4.70. The Balaban J connectivity index is 2.09. The first-order chi connectivity index (χ1) is 7.95. The molecule has 0 saturated carbocycles. The van der Waals surface area contributed by atoms with Gasteiger partial charge in [-0.05, 0) is 19.9 Å². The smallest absolute Gasteiger partial charge is 0.329 e. The van der Waals surface area contributed by atoms with Crippen molar-refractivity contribution in [2.75, 3.05) is 33.3 Å². The van der Waals surface area contributed by atoms with Crippen LogP contribution >= 0.6 is 0 Å². The average molecular weight is 244 g/mol. The predicted octanol–water partition coefficient (Wildman–Crippen LogP) is -0.312. The maximum atomic E-state index is 11.0. The van der Waals surface area contributed by atoms with Crippen molar-refractivity contribution in [2.24, 2.45) is 0 Å². The van der Waals surface area contributed by atoms with E-state index in [1.165, 1.54) is 0 Å². The number of likely N-dealkylation sites (tertiary alicyclic amines) is 1. The van der Waals surface area contributed by atoms with Gasteiger partial charge in [-0.25, -0.2) is 4.79 Å². The van der Waals surface area contributed by atoms with E-state index in [0.29, 0.717) is 6.42 Å². The molecule has 1 rings (SSSR count). The second-order valence-electron chi connectivity index (χ2n) is 4.62. The van der Waals surface area contributed by atoms with Crippen LogP contribution in [0.1, 0.15) is 19.8 Å². The van der Waals surface area contributed by atoms with Gasteiger partial charge >= 0.3 is 5.97 Å². The molecule has 0 unspecified atom stereocenters. The highest BCUT2D eigenvalue weighted by molar-refractivity contribution is 5.75. The lowest BCUT2D eigenvalue weighted by molar-refractivity contribution is -0.164. The number of nitrogens with one attached hydrogen (secondary N) is 1. The summed E-state index contributed by atoms with van der Waals surface area (Å²) in [4.78, 5) is 23.5. The number of nitrogens with zero attached hydrogens (tertiary/aromatic N) is 1. The molecule has 1 saturated heterocycles. The highest BCUT2D eigenvalue weighted by Crippen LogP contribution is 2.24. The molecular weight excluding hydrogens is 224 g/mol. The first-order valence-electron chi connectivity index (χ1n) is 5.74. The summed E-state index contributed by atoms with van der Waals surface area (Å²) in [6, 6.07) is 0. The summed E-state index contributed by atoms with van der Waals surface area (Å²) in [6.07, 6.45) is 1.34. The number of amides is 1. The van der Waals surface area contributed by atoms with Crippen molar-refractivity contribution in [1.82, 2.24) is 10.2 Å². The number of carboxylic acids is 1. The van der Waals surface area contributed by atoms with E-state index in [4.69, 9.17) is 9.84 Å². The molecule has 98 valence electrons. The molecule has 0 bridgehead atoms. The Morgan fingerprint density at radius 2 is 2.12 bits per heavy atom. The van der Waals surface area contributed by atoms with Crippen LogP contribution in [0, 0.1) is 0 Å². The van der Waals surface area contributed by atoms with Gasteiger partial charge in [0.1, 0.15) is 6.61 Å². The third-order valence-electron chi connectivity index (χ3n) is 2.82. The number of hydrogen-bond donors (Lipinski definition) is 2. The van der Waals surface area contributed by atoms with Gasteiger partial charge < -0.3 is 15.2 Å². The van der Waals surface area contributed by atoms with Gasteiger partial charge in [0.2, 0.25) is 5.91 Å². The van der Waals surface area contributed by atoms with E-state index < -0.39 is 5.97 Å². The van der Waals surface area contributed by atoms with Crippen molar-refractivity contribution in [1.29, 1.82) is 0 Å². The number of hydrogen-bond acceptors (Lipinski definition) is 4. The van der Waals surface area contributed by atoms with Crippen molar-refractivity contribution >= 4 is 11.9 Å². The second-order valence-corrected chi connectivity index (χ2v) is 4.62. The Hall–Kier alpha value is -1.14. The summed E-state index contributed by atoms with van der Waals surface area (Å²) in [6.45, 7) is 3.97. The minimum absolute atomic E-state index is 0.0513. The van der Waals surface area contributed by atoms with E-state index in [1.54, 1.807) is 7.05 Å². The fourth-order valence-electron chi connectivity index (χ4n) is 1.97. The molecule has 1 aliphatic heterocycles. The van der Waals surface area contributed by atoms with Gasteiger partial charge in [-0.1, -0.05) is 0 Å². The molecule has 0 aliphatic carbocycles. The highest BCUT2D eigenvalue weighted by Gasteiger charge is 2.39. The Morgan fingerprint density at radius 1 is 1.47 bits per heavy atom. The Kier molecular flexibility index (Phi) is 4.89. The fourth-order valence-corrected chi connectivity index (χ4v) is 1.97. The molecule has 1 aliphatic rings. The van der Waals surface area contributed by atoms with Gasteiger partial charge in [-0.2, -0.15) is 0 Å². The quantitative estimate of drug-likeness (QED) is 0.642. The molecule has 6 heteroatoms. The SMILES string of the molecule is CNC(=O)CCCN1CC(C)(OCC(=O)O)C1. The van der Waals surface area contributed by atoms with Crippen molar-refractivity contribution in [3.8, 4) is 0 Å². The lowest BCUT2D eigenvalue weighted by atomic mass is 9.96. The molecule has 1 heterocycles. The summed E-state index contributed by atoms with van der Waals surface area (Å²) in [5.74, 6) is -0.889. The van der Waals surface area contributed by atoms with E-state index in [-0.39, 0.29) is 18.1 Å². The van der Waals surface area contributed by atoms with E-state index >= 15 is 0 Å². The Labute approximate surface area is 101 Å². The van der Waals surface area contributed by atoms with Crippen molar-refractivity contribution in [3.63, 3.8) is 0 Å². The lowest BCUT2D eigenvalue weighted by Gasteiger charge is -2.47. The van der Waals surface area contributed by atoms with Gasteiger partial charge in [0.05, 0.1) is 5.60 Å². The summed E-state index contributed by atoms with van der Waals surface area (Å²) in [5.41, 5.74) is -0.342. The van der Waals surface area contributed by atoms with E-state index in [9.17, 15) is 9.59 Å². The first-order valence-corrected chi connectivity index (χ1v) is 5.74. The van der Waals surface area contributed by atoms with Crippen LogP contribution in [0.2, 0.25) is 0 Å². The van der Waals surface area contributed by atoms with Crippen molar-refractivity contribution < 1.29 is 19.4 Å². The van der Waals surface area contributed by atoms with Crippen molar-refractivity contribution in [3.05, 3.63) is 0 Å². The largest absolute Gasteiger partial charge is 0.480 e. The minimum atomic E-state index is -0.940.